The van der Waals surface area contributed by atoms with E-state index in [0.29, 0.717) is 5.69 Å². The lowest BCUT2D eigenvalue weighted by molar-refractivity contribution is -0.114. The van der Waals surface area contributed by atoms with Gasteiger partial charge in [-0.1, -0.05) is 5.16 Å². The summed E-state index contributed by atoms with van der Waals surface area (Å²) in [5.74, 6) is -0.511. The molecule has 0 aromatic carbocycles. The normalized spacial score (nSPS) is 11.1. The molecule has 0 saturated carbocycles. The van der Waals surface area contributed by atoms with Gasteiger partial charge in [0.25, 0.3) is 11.5 Å². The zero-order chi connectivity index (χ0) is 12.1. The van der Waals surface area contributed by atoms with E-state index >= 15 is 0 Å². The van der Waals surface area contributed by atoms with Gasteiger partial charge in [0.15, 0.2) is 5.71 Å². The van der Waals surface area contributed by atoms with Gasteiger partial charge in [-0.05, 0) is 6.92 Å². The van der Waals surface area contributed by atoms with E-state index in [1.165, 1.54) is 20.5 Å². The van der Waals surface area contributed by atoms with E-state index in [2.05, 4.69) is 25.3 Å². The molecule has 1 rings (SSSR count). The van der Waals surface area contributed by atoms with Crippen LogP contribution in [0, 0.1) is 6.92 Å². The first-order valence-electron chi connectivity index (χ1n) is 4.49. The number of nitrogens with one attached hydrogen (secondary N) is 2. The Morgan fingerprint density at radius 1 is 1.62 bits per heavy atom. The number of aromatic amines is 1. The predicted octanol–water partition coefficient (Wildman–Crippen LogP) is -0.825. The molecule has 7 nitrogen and oxygen atoms in total. The summed E-state index contributed by atoms with van der Waals surface area (Å²) in [6.45, 7) is 1.61. The van der Waals surface area contributed by atoms with Gasteiger partial charge in [-0.2, -0.15) is 0 Å². The van der Waals surface area contributed by atoms with Crippen molar-refractivity contribution in [1.29, 1.82) is 0 Å². The number of hydrogen-bond donors (Lipinski definition) is 2. The van der Waals surface area contributed by atoms with E-state index in [-0.39, 0.29) is 11.3 Å². The Morgan fingerprint density at radius 3 is 2.81 bits per heavy atom. The number of hydrogen-bond acceptors (Lipinski definition) is 5. The Kier molecular flexibility index (Phi) is 3.76. The molecule has 0 fully saturated rings. The van der Waals surface area contributed by atoms with Crippen molar-refractivity contribution in [3.63, 3.8) is 0 Å². The molecule has 0 spiro atoms. The van der Waals surface area contributed by atoms with Gasteiger partial charge in [-0.25, -0.2) is 4.98 Å². The van der Waals surface area contributed by atoms with Crippen molar-refractivity contribution in [3.05, 3.63) is 27.9 Å². The standard InChI is InChI=1S/C9H12N4O3/c1-5-6(8(14)12-4-11-5)7(13-16-3)9(15)10-2/h4H,1-3H3,(H,10,15)(H,11,12,14)/b13-7+. The highest BCUT2D eigenvalue weighted by Crippen LogP contribution is 2.00. The Bertz CT molecular complexity index is 478. The molecule has 1 heterocycles. The molecular formula is C9H12N4O3. The molecule has 2 N–H and O–H groups in total. The molecule has 16 heavy (non-hydrogen) atoms. The molecule has 86 valence electrons. The largest absolute Gasteiger partial charge is 0.398 e. The molecule has 0 saturated heterocycles. The molecule has 0 aliphatic carbocycles. The monoisotopic (exact) mass is 224 g/mol. The van der Waals surface area contributed by atoms with E-state index in [1.54, 1.807) is 6.92 Å². The highest BCUT2D eigenvalue weighted by molar-refractivity contribution is 6.45. The fraction of sp³-hybridized carbons (Fsp3) is 0.333. The third kappa shape index (κ3) is 2.25. The van der Waals surface area contributed by atoms with E-state index in [1.807, 2.05) is 0 Å². The minimum Gasteiger partial charge on any atom is -0.398 e. The fourth-order valence-electron chi connectivity index (χ4n) is 1.18. The van der Waals surface area contributed by atoms with Gasteiger partial charge in [0.05, 0.1) is 17.6 Å². The van der Waals surface area contributed by atoms with Crippen LogP contribution in [0.25, 0.3) is 0 Å². The number of oxime groups is 1. The second-order valence-corrected chi connectivity index (χ2v) is 2.89. The Morgan fingerprint density at radius 2 is 2.31 bits per heavy atom. The number of carbonyl (C=O) groups is 1. The summed E-state index contributed by atoms with van der Waals surface area (Å²) in [6, 6.07) is 0. The van der Waals surface area contributed by atoms with Crippen LogP contribution in [-0.2, 0) is 9.63 Å². The van der Waals surface area contributed by atoms with Crippen molar-refractivity contribution in [3.8, 4) is 0 Å². The number of aromatic nitrogens is 2. The number of amides is 1. The summed E-state index contributed by atoms with van der Waals surface area (Å²) in [7, 11) is 2.73. The van der Waals surface area contributed by atoms with Crippen molar-refractivity contribution in [2.45, 2.75) is 6.92 Å². The van der Waals surface area contributed by atoms with Crippen molar-refractivity contribution in [2.75, 3.05) is 14.2 Å². The van der Waals surface area contributed by atoms with Crippen LogP contribution in [0.5, 0.6) is 0 Å². The minimum atomic E-state index is -0.511. The van der Waals surface area contributed by atoms with Gasteiger partial charge < -0.3 is 15.1 Å². The van der Waals surface area contributed by atoms with E-state index in [9.17, 15) is 9.59 Å². The van der Waals surface area contributed by atoms with E-state index in [0.717, 1.165) is 0 Å². The van der Waals surface area contributed by atoms with Crippen LogP contribution in [0.4, 0.5) is 0 Å². The maximum absolute atomic E-state index is 11.6. The number of carbonyl (C=O) groups excluding carboxylic acids is 1. The highest BCUT2D eigenvalue weighted by atomic mass is 16.6. The highest BCUT2D eigenvalue weighted by Gasteiger charge is 2.19. The molecule has 0 aliphatic rings. The Labute approximate surface area is 91.5 Å². The Balaban J connectivity index is 3.38. The molecule has 1 aromatic heterocycles. The van der Waals surface area contributed by atoms with Crippen LogP contribution >= 0.6 is 0 Å². The quantitative estimate of drug-likeness (QED) is 0.517. The molecule has 0 radical (unpaired) electrons. The summed E-state index contributed by atoms with van der Waals surface area (Å²) < 4.78 is 0. The first kappa shape index (κ1) is 11.9. The van der Waals surface area contributed by atoms with Crippen molar-refractivity contribution in [1.82, 2.24) is 15.3 Å². The van der Waals surface area contributed by atoms with Crippen LogP contribution in [0.1, 0.15) is 11.3 Å². The summed E-state index contributed by atoms with van der Waals surface area (Å²) in [5.41, 5.74) is -0.0319. The minimum absolute atomic E-state index is 0.100. The SMILES string of the molecule is CNC(=O)/C(=N/OC)c1c(C)nc[nH]c1=O. The average Bonchev–Trinajstić information content (AvgIpc) is 2.26. The molecule has 0 atom stereocenters. The number of H-pyrrole nitrogens is 1. The maximum Gasteiger partial charge on any atom is 0.273 e. The summed E-state index contributed by atoms with van der Waals surface area (Å²) in [5, 5.41) is 5.90. The number of aryl methyl sites for hydroxylation is 1. The number of rotatable bonds is 3. The van der Waals surface area contributed by atoms with Crippen LogP contribution in [0.3, 0.4) is 0 Å². The summed E-state index contributed by atoms with van der Waals surface area (Å²) in [6.07, 6.45) is 1.26. The third-order valence-electron chi connectivity index (χ3n) is 1.90. The van der Waals surface area contributed by atoms with Gasteiger partial charge in [-0.3, -0.25) is 9.59 Å². The fourth-order valence-corrected chi connectivity index (χ4v) is 1.18. The van der Waals surface area contributed by atoms with Crippen LogP contribution in [-0.4, -0.2) is 35.7 Å². The van der Waals surface area contributed by atoms with Crippen LogP contribution in [0.15, 0.2) is 16.3 Å². The van der Waals surface area contributed by atoms with Crippen LogP contribution < -0.4 is 10.9 Å². The smallest absolute Gasteiger partial charge is 0.273 e. The molecular weight excluding hydrogens is 212 g/mol. The molecule has 7 heteroatoms. The van der Waals surface area contributed by atoms with Crippen molar-refractivity contribution >= 4 is 11.6 Å². The first-order valence-corrected chi connectivity index (χ1v) is 4.49. The zero-order valence-corrected chi connectivity index (χ0v) is 9.20. The van der Waals surface area contributed by atoms with Crippen LogP contribution in [0.2, 0.25) is 0 Å². The molecule has 1 amide bonds. The zero-order valence-electron chi connectivity index (χ0n) is 9.20. The lowest BCUT2D eigenvalue weighted by Crippen LogP contribution is -2.34. The van der Waals surface area contributed by atoms with E-state index < -0.39 is 11.5 Å². The second kappa shape index (κ2) is 5.06. The third-order valence-corrected chi connectivity index (χ3v) is 1.90. The summed E-state index contributed by atoms with van der Waals surface area (Å²) in [4.78, 5) is 33.9. The summed E-state index contributed by atoms with van der Waals surface area (Å²) >= 11 is 0. The first-order chi connectivity index (χ1) is 7.61. The van der Waals surface area contributed by atoms with Gasteiger partial charge in [-0.15, -0.1) is 0 Å². The van der Waals surface area contributed by atoms with Gasteiger partial charge in [0, 0.05) is 7.05 Å². The second-order valence-electron chi connectivity index (χ2n) is 2.89. The van der Waals surface area contributed by atoms with Gasteiger partial charge in [0.1, 0.15) is 7.11 Å². The molecule has 0 unspecified atom stereocenters. The lowest BCUT2D eigenvalue weighted by Gasteiger charge is -2.05. The van der Waals surface area contributed by atoms with Crippen molar-refractivity contribution < 1.29 is 9.63 Å². The average molecular weight is 224 g/mol. The van der Waals surface area contributed by atoms with Crippen molar-refractivity contribution in [2.24, 2.45) is 5.16 Å². The predicted molar refractivity (Wildman–Crippen MR) is 57.2 cm³/mol. The lowest BCUT2D eigenvalue weighted by atomic mass is 10.1. The molecule has 0 bridgehead atoms. The molecule has 1 aromatic rings. The Hall–Kier alpha value is -2.18. The van der Waals surface area contributed by atoms with Gasteiger partial charge in [0.2, 0.25) is 0 Å². The van der Waals surface area contributed by atoms with E-state index in [4.69, 9.17) is 0 Å². The molecule has 0 aliphatic heterocycles. The topological polar surface area (TPSA) is 96.4 Å². The number of nitrogens with zero attached hydrogens (tertiary/aromatic N) is 2. The maximum atomic E-state index is 11.6. The number of likely N-dealkylation sites (N-methyl/N-ethyl adjacent to an activating group) is 1. The van der Waals surface area contributed by atoms with Gasteiger partial charge >= 0.3 is 0 Å².